The third-order valence-electron chi connectivity index (χ3n) is 5.05. The van der Waals surface area contributed by atoms with Crippen molar-refractivity contribution in [3.63, 3.8) is 0 Å². The van der Waals surface area contributed by atoms with Gasteiger partial charge in [0.15, 0.2) is 5.82 Å². The number of halogens is 1. The molecule has 1 unspecified atom stereocenters. The van der Waals surface area contributed by atoms with E-state index >= 15 is 0 Å². The van der Waals surface area contributed by atoms with Crippen LogP contribution in [-0.2, 0) is 10.2 Å². The minimum absolute atomic E-state index is 0.0725. The molecular formula is C22H22FN3O2. The van der Waals surface area contributed by atoms with E-state index in [2.05, 4.69) is 43.0 Å². The standard InChI is InChI=1S/C22H22FN3O2/c1-22(2,3)16-9-7-14(8-10-16)21-24-20(25-28-21)15-11-19(27)26(13-15)18-6-4-5-17(23)12-18/h4-10,12,15H,11,13H2,1-3H3. The molecule has 0 bridgehead atoms. The second-order valence-electron chi connectivity index (χ2n) is 8.17. The lowest BCUT2D eigenvalue weighted by Gasteiger charge is -2.18. The second-order valence-corrected chi connectivity index (χ2v) is 8.17. The van der Waals surface area contributed by atoms with Crippen molar-refractivity contribution in [1.29, 1.82) is 0 Å². The number of carbonyl (C=O) groups excluding carboxylic acids is 1. The van der Waals surface area contributed by atoms with Gasteiger partial charge in [0.2, 0.25) is 5.91 Å². The third kappa shape index (κ3) is 3.54. The van der Waals surface area contributed by atoms with Gasteiger partial charge >= 0.3 is 0 Å². The summed E-state index contributed by atoms with van der Waals surface area (Å²) in [4.78, 5) is 18.5. The predicted molar refractivity (Wildman–Crippen MR) is 105 cm³/mol. The van der Waals surface area contributed by atoms with Gasteiger partial charge in [0.1, 0.15) is 5.82 Å². The van der Waals surface area contributed by atoms with Crippen molar-refractivity contribution < 1.29 is 13.7 Å². The summed E-state index contributed by atoms with van der Waals surface area (Å²) in [7, 11) is 0. The second kappa shape index (κ2) is 6.86. The molecule has 2 aromatic carbocycles. The van der Waals surface area contributed by atoms with E-state index in [9.17, 15) is 9.18 Å². The van der Waals surface area contributed by atoms with Crippen LogP contribution in [0.3, 0.4) is 0 Å². The molecule has 28 heavy (non-hydrogen) atoms. The number of hydrogen-bond donors (Lipinski definition) is 0. The first-order chi connectivity index (χ1) is 13.3. The molecule has 6 heteroatoms. The highest BCUT2D eigenvalue weighted by atomic mass is 19.1. The number of hydrogen-bond acceptors (Lipinski definition) is 4. The van der Waals surface area contributed by atoms with Crippen molar-refractivity contribution in [2.45, 2.75) is 38.5 Å². The quantitative estimate of drug-likeness (QED) is 0.662. The van der Waals surface area contributed by atoms with Crippen LogP contribution in [-0.4, -0.2) is 22.6 Å². The molecule has 1 amide bonds. The molecule has 0 saturated carbocycles. The maximum Gasteiger partial charge on any atom is 0.257 e. The van der Waals surface area contributed by atoms with Gasteiger partial charge in [-0.25, -0.2) is 4.39 Å². The molecule has 0 aliphatic carbocycles. The fourth-order valence-electron chi connectivity index (χ4n) is 3.40. The molecule has 144 valence electrons. The number of benzene rings is 2. The van der Waals surface area contributed by atoms with Crippen LogP contribution in [0.1, 0.15) is 44.5 Å². The van der Waals surface area contributed by atoms with E-state index in [4.69, 9.17) is 4.52 Å². The van der Waals surface area contributed by atoms with E-state index < -0.39 is 0 Å². The lowest BCUT2D eigenvalue weighted by molar-refractivity contribution is -0.117. The first kappa shape index (κ1) is 18.3. The molecule has 0 spiro atoms. The lowest BCUT2D eigenvalue weighted by atomic mass is 9.87. The zero-order chi connectivity index (χ0) is 19.9. The molecular weight excluding hydrogens is 357 g/mol. The summed E-state index contributed by atoms with van der Waals surface area (Å²) >= 11 is 0. The first-order valence-corrected chi connectivity index (χ1v) is 9.32. The summed E-state index contributed by atoms with van der Waals surface area (Å²) < 4.78 is 18.9. The summed E-state index contributed by atoms with van der Waals surface area (Å²) in [6, 6.07) is 14.1. The van der Waals surface area contributed by atoms with E-state index in [1.165, 1.54) is 17.7 Å². The third-order valence-corrected chi connectivity index (χ3v) is 5.05. The first-order valence-electron chi connectivity index (χ1n) is 9.32. The van der Waals surface area contributed by atoms with Crippen molar-refractivity contribution in [3.05, 3.63) is 65.7 Å². The van der Waals surface area contributed by atoms with E-state index in [0.717, 1.165) is 5.56 Å². The van der Waals surface area contributed by atoms with Crippen LogP contribution in [0.25, 0.3) is 11.5 Å². The van der Waals surface area contributed by atoms with Crippen LogP contribution in [0.15, 0.2) is 53.1 Å². The molecule has 3 aromatic rings. The van der Waals surface area contributed by atoms with Gasteiger partial charge in [-0.15, -0.1) is 0 Å². The van der Waals surface area contributed by atoms with Crippen molar-refractivity contribution in [2.75, 3.05) is 11.4 Å². The molecule has 1 aliphatic heterocycles. The summed E-state index contributed by atoms with van der Waals surface area (Å²) in [5.41, 5.74) is 2.69. The minimum atomic E-state index is -0.366. The molecule has 1 aliphatic rings. The summed E-state index contributed by atoms with van der Waals surface area (Å²) in [5.74, 6) is 0.321. The average Bonchev–Trinajstić information content (AvgIpc) is 3.28. The summed E-state index contributed by atoms with van der Waals surface area (Å²) in [6.45, 7) is 6.89. The highest BCUT2D eigenvalue weighted by Gasteiger charge is 2.34. The molecule has 0 radical (unpaired) electrons. The molecule has 1 fully saturated rings. The largest absolute Gasteiger partial charge is 0.334 e. The number of aromatic nitrogens is 2. The molecule has 2 heterocycles. The summed E-state index contributed by atoms with van der Waals surface area (Å²) in [5, 5.41) is 4.09. The van der Waals surface area contributed by atoms with Gasteiger partial charge < -0.3 is 9.42 Å². The van der Waals surface area contributed by atoms with Gasteiger partial charge in [-0.05, 0) is 41.3 Å². The topological polar surface area (TPSA) is 59.2 Å². The Kier molecular flexibility index (Phi) is 4.49. The predicted octanol–water partition coefficient (Wildman–Crippen LogP) is 4.69. The van der Waals surface area contributed by atoms with E-state index in [-0.39, 0.29) is 29.5 Å². The van der Waals surface area contributed by atoms with Crippen LogP contribution in [0.2, 0.25) is 0 Å². The number of rotatable bonds is 3. The van der Waals surface area contributed by atoms with E-state index in [1.807, 2.05) is 12.1 Å². The zero-order valence-corrected chi connectivity index (χ0v) is 16.1. The van der Waals surface area contributed by atoms with Gasteiger partial charge in [0.25, 0.3) is 5.89 Å². The van der Waals surface area contributed by atoms with E-state index in [0.29, 0.717) is 23.9 Å². The van der Waals surface area contributed by atoms with Crippen molar-refractivity contribution in [1.82, 2.24) is 10.1 Å². The Morgan fingerprint density at radius 2 is 1.89 bits per heavy atom. The molecule has 4 rings (SSSR count). The molecule has 0 N–H and O–H groups in total. The fraction of sp³-hybridized carbons (Fsp3) is 0.318. The van der Waals surface area contributed by atoms with Crippen molar-refractivity contribution in [2.24, 2.45) is 0 Å². The average molecular weight is 379 g/mol. The molecule has 5 nitrogen and oxygen atoms in total. The van der Waals surface area contributed by atoms with Gasteiger partial charge in [0.05, 0.1) is 0 Å². The number of anilines is 1. The Morgan fingerprint density at radius 1 is 1.14 bits per heavy atom. The molecule has 1 saturated heterocycles. The van der Waals surface area contributed by atoms with Crippen LogP contribution >= 0.6 is 0 Å². The zero-order valence-electron chi connectivity index (χ0n) is 16.1. The maximum atomic E-state index is 13.5. The highest BCUT2D eigenvalue weighted by molar-refractivity contribution is 5.96. The van der Waals surface area contributed by atoms with Crippen LogP contribution in [0.4, 0.5) is 10.1 Å². The van der Waals surface area contributed by atoms with Gasteiger partial charge in [-0.2, -0.15) is 4.98 Å². The normalized spacial score (nSPS) is 17.4. The molecule has 1 aromatic heterocycles. The number of amides is 1. The SMILES string of the molecule is CC(C)(C)c1ccc(-c2nc(C3CC(=O)N(c4cccc(F)c4)C3)no2)cc1. The summed E-state index contributed by atoms with van der Waals surface area (Å²) in [6.07, 6.45) is 0.276. The van der Waals surface area contributed by atoms with Gasteiger partial charge in [-0.1, -0.05) is 44.1 Å². The van der Waals surface area contributed by atoms with Crippen LogP contribution in [0.5, 0.6) is 0 Å². The fourth-order valence-corrected chi connectivity index (χ4v) is 3.40. The van der Waals surface area contributed by atoms with Crippen LogP contribution < -0.4 is 4.90 Å². The Morgan fingerprint density at radius 3 is 2.57 bits per heavy atom. The number of carbonyl (C=O) groups is 1. The smallest absolute Gasteiger partial charge is 0.257 e. The van der Waals surface area contributed by atoms with E-state index in [1.54, 1.807) is 17.0 Å². The van der Waals surface area contributed by atoms with Gasteiger partial charge in [0, 0.05) is 30.1 Å². The van der Waals surface area contributed by atoms with Gasteiger partial charge in [-0.3, -0.25) is 4.79 Å². The van der Waals surface area contributed by atoms with Crippen molar-refractivity contribution in [3.8, 4) is 11.5 Å². The Hall–Kier alpha value is -3.02. The maximum absolute atomic E-state index is 13.5. The Labute approximate surface area is 163 Å². The van der Waals surface area contributed by atoms with Crippen LogP contribution in [0, 0.1) is 5.82 Å². The monoisotopic (exact) mass is 379 g/mol. The minimum Gasteiger partial charge on any atom is -0.334 e. The number of nitrogens with zero attached hydrogens (tertiary/aromatic N) is 3. The highest BCUT2D eigenvalue weighted by Crippen LogP contribution is 2.32. The molecule has 1 atom stereocenters. The Balaban J connectivity index is 1.53. The lowest BCUT2D eigenvalue weighted by Crippen LogP contribution is -2.24. The van der Waals surface area contributed by atoms with Crippen molar-refractivity contribution >= 4 is 11.6 Å². The Bertz CT molecular complexity index is 1010.